The molecular formula is C10H11ClFN3O4. The fourth-order valence-corrected chi connectivity index (χ4v) is 1.42. The van der Waals surface area contributed by atoms with Gasteiger partial charge in [-0.25, -0.2) is 4.39 Å². The lowest BCUT2D eigenvalue weighted by atomic mass is 10.2. The minimum absolute atomic E-state index is 0.0189. The van der Waals surface area contributed by atoms with Crippen molar-refractivity contribution in [1.29, 1.82) is 0 Å². The van der Waals surface area contributed by atoms with Gasteiger partial charge in [-0.15, -0.1) is 0 Å². The molecule has 0 unspecified atom stereocenters. The number of amides is 1. The van der Waals surface area contributed by atoms with Crippen molar-refractivity contribution >= 4 is 28.9 Å². The van der Waals surface area contributed by atoms with Gasteiger partial charge in [0.15, 0.2) is 0 Å². The molecule has 7 nitrogen and oxygen atoms in total. The molecule has 0 saturated heterocycles. The van der Waals surface area contributed by atoms with Crippen LogP contribution >= 0.6 is 11.6 Å². The Hall–Kier alpha value is -1.93. The van der Waals surface area contributed by atoms with Crippen LogP contribution < -0.4 is 11.1 Å². The third-order valence-corrected chi connectivity index (χ3v) is 2.33. The lowest BCUT2D eigenvalue weighted by Gasteiger charge is -2.08. The average Bonchev–Trinajstić information content (AvgIpc) is 2.32. The largest absolute Gasteiger partial charge is 0.377 e. The summed E-state index contributed by atoms with van der Waals surface area (Å²) < 4.78 is 18.1. The van der Waals surface area contributed by atoms with Crippen molar-refractivity contribution < 1.29 is 18.8 Å². The van der Waals surface area contributed by atoms with E-state index in [1.54, 1.807) is 0 Å². The fraction of sp³-hybridized carbons (Fsp3) is 0.300. The molecule has 1 aromatic carbocycles. The molecular weight excluding hydrogens is 281 g/mol. The second-order valence-corrected chi connectivity index (χ2v) is 3.89. The normalized spacial score (nSPS) is 10.2. The van der Waals surface area contributed by atoms with Crippen LogP contribution in [0, 0.1) is 15.9 Å². The van der Waals surface area contributed by atoms with E-state index >= 15 is 0 Å². The number of nitro groups is 1. The van der Waals surface area contributed by atoms with Gasteiger partial charge in [-0.1, -0.05) is 11.6 Å². The van der Waals surface area contributed by atoms with Crippen molar-refractivity contribution in [2.45, 2.75) is 0 Å². The summed E-state index contributed by atoms with van der Waals surface area (Å²) in [5.74, 6) is -1.39. The van der Waals surface area contributed by atoms with Crippen molar-refractivity contribution in [3.05, 3.63) is 33.1 Å². The summed E-state index contributed by atoms with van der Waals surface area (Å²) in [6.45, 7) is -0.0156. The summed E-state index contributed by atoms with van der Waals surface area (Å²) in [5, 5.41) is 13.0. The number of benzene rings is 1. The Labute approximate surface area is 112 Å². The van der Waals surface area contributed by atoms with Crippen molar-refractivity contribution in [2.75, 3.05) is 25.1 Å². The molecule has 0 bridgehead atoms. The quantitative estimate of drug-likeness (QED) is 0.447. The smallest absolute Gasteiger partial charge is 0.294 e. The minimum Gasteiger partial charge on any atom is -0.377 e. The number of hydrogen-bond donors (Lipinski definition) is 2. The molecule has 104 valence electrons. The zero-order valence-electron chi connectivity index (χ0n) is 9.69. The monoisotopic (exact) mass is 291 g/mol. The van der Waals surface area contributed by atoms with Crippen LogP contribution in [0.5, 0.6) is 0 Å². The van der Waals surface area contributed by atoms with E-state index < -0.39 is 16.6 Å². The standard InChI is InChI=1S/C10H11ClFN3O4/c11-6-3-9(15(17)18)8(4-7(6)12)14-1-2-19-5-10(13)16/h3-4,14H,1-2,5H2,(H2,13,16). The van der Waals surface area contributed by atoms with Crippen molar-refractivity contribution in [2.24, 2.45) is 5.73 Å². The molecule has 0 aromatic heterocycles. The van der Waals surface area contributed by atoms with Crippen LogP contribution in [0.2, 0.25) is 5.02 Å². The number of primary amides is 1. The zero-order chi connectivity index (χ0) is 14.4. The zero-order valence-corrected chi connectivity index (χ0v) is 10.4. The summed E-state index contributed by atoms with van der Waals surface area (Å²) in [6.07, 6.45) is 0. The van der Waals surface area contributed by atoms with Gasteiger partial charge in [0.1, 0.15) is 18.1 Å². The highest BCUT2D eigenvalue weighted by molar-refractivity contribution is 6.31. The first-order valence-electron chi connectivity index (χ1n) is 5.15. The molecule has 0 aliphatic heterocycles. The van der Waals surface area contributed by atoms with Gasteiger partial charge in [0, 0.05) is 18.7 Å². The van der Waals surface area contributed by atoms with Crippen LogP contribution in [-0.4, -0.2) is 30.6 Å². The lowest BCUT2D eigenvalue weighted by molar-refractivity contribution is -0.384. The maximum absolute atomic E-state index is 13.2. The van der Waals surface area contributed by atoms with Crippen LogP contribution in [0.1, 0.15) is 0 Å². The van der Waals surface area contributed by atoms with Crippen LogP contribution in [0.4, 0.5) is 15.8 Å². The molecule has 9 heteroatoms. The average molecular weight is 292 g/mol. The Balaban J connectivity index is 2.64. The lowest BCUT2D eigenvalue weighted by Crippen LogP contribution is -2.20. The molecule has 0 saturated carbocycles. The van der Waals surface area contributed by atoms with Crippen LogP contribution in [0.15, 0.2) is 12.1 Å². The number of nitro benzene ring substituents is 1. The van der Waals surface area contributed by atoms with Gasteiger partial charge < -0.3 is 15.8 Å². The van der Waals surface area contributed by atoms with E-state index in [9.17, 15) is 19.3 Å². The van der Waals surface area contributed by atoms with Gasteiger partial charge in [0.2, 0.25) is 5.91 Å². The molecule has 1 aromatic rings. The summed E-state index contributed by atoms with van der Waals surface area (Å²) in [5.41, 5.74) is 4.48. The molecule has 0 fully saturated rings. The van der Waals surface area contributed by atoms with E-state index in [2.05, 4.69) is 5.32 Å². The minimum atomic E-state index is -0.771. The number of nitrogens with one attached hydrogen (secondary N) is 1. The third-order valence-electron chi connectivity index (χ3n) is 2.04. The molecule has 19 heavy (non-hydrogen) atoms. The molecule has 0 radical (unpaired) electrons. The summed E-state index contributed by atoms with van der Waals surface area (Å²) in [4.78, 5) is 20.5. The number of hydrogen-bond acceptors (Lipinski definition) is 5. The number of rotatable bonds is 7. The molecule has 0 heterocycles. The number of nitrogens with zero attached hydrogens (tertiary/aromatic N) is 1. The summed E-state index contributed by atoms with van der Waals surface area (Å²) >= 11 is 5.47. The second kappa shape index (κ2) is 6.86. The maximum Gasteiger partial charge on any atom is 0.294 e. The summed E-state index contributed by atoms with van der Waals surface area (Å²) in [7, 11) is 0. The SMILES string of the molecule is NC(=O)COCCNc1cc(F)c(Cl)cc1[N+](=O)[O-]. The molecule has 0 aliphatic carbocycles. The number of carbonyl (C=O) groups is 1. The van der Waals surface area contributed by atoms with E-state index in [0.29, 0.717) is 0 Å². The summed E-state index contributed by atoms with van der Waals surface area (Å²) in [6, 6.07) is 1.85. The second-order valence-electron chi connectivity index (χ2n) is 3.49. The van der Waals surface area contributed by atoms with Crippen LogP contribution in [0.3, 0.4) is 0 Å². The van der Waals surface area contributed by atoms with Gasteiger partial charge in [-0.2, -0.15) is 0 Å². The topological polar surface area (TPSA) is 107 Å². The van der Waals surface area contributed by atoms with Gasteiger partial charge in [0.25, 0.3) is 5.69 Å². The Morgan fingerprint density at radius 2 is 2.26 bits per heavy atom. The molecule has 0 spiro atoms. The van der Waals surface area contributed by atoms with Crippen LogP contribution in [0.25, 0.3) is 0 Å². The maximum atomic E-state index is 13.2. The fourth-order valence-electron chi connectivity index (χ4n) is 1.26. The highest BCUT2D eigenvalue weighted by Crippen LogP contribution is 2.30. The first-order chi connectivity index (χ1) is 8.91. The Kier molecular flexibility index (Phi) is 5.46. The van der Waals surface area contributed by atoms with Crippen molar-refractivity contribution in [3.63, 3.8) is 0 Å². The highest BCUT2D eigenvalue weighted by Gasteiger charge is 2.17. The van der Waals surface area contributed by atoms with Crippen molar-refractivity contribution in [1.82, 2.24) is 0 Å². The number of ether oxygens (including phenoxy) is 1. The van der Waals surface area contributed by atoms with E-state index in [1.165, 1.54) is 0 Å². The third kappa shape index (κ3) is 4.68. The van der Waals surface area contributed by atoms with Gasteiger partial charge >= 0.3 is 0 Å². The van der Waals surface area contributed by atoms with E-state index in [4.69, 9.17) is 22.1 Å². The number of carbonyl (C=O) groups excluding carboxylic acids is 1. The number of nitrogens with two attached hydrogens (primary N) is 1. The Morgan fingerprint density at radius 1 is 1.58 bits per heavy atom. The Morgan fingerprint density at radius 3 is 2.84 bits per heavy atom. The molecule has 0 aliphatic rings. The van der Waals surface area contributed by atoms with Gasteiger partial charge in [0.05, 0.1) is 16.6 Å². The molecule has 0 atom stereocenters. The van der Waals surface area contributed by atoms with Gasteiger partial charge in [-0.3, -0.25) is 14.9 Å². The highest BCUT2D eigenvalue weighted by atomic mass is 35.5. The van der Waals surface area contributed by atoms with E-state index in [-0.39, 0.29) is 36.2 Å². The molecule has 1 amide bonds. The van der Waals surface area contributed by atoms with Crippen molar-refractivity contribution in [3.8, 4) is 0 Å². The predicted octanol–water partition coefficient (Wildman–Crippen LogP) is 1.30. The molecule has 1 rings (SSSR count). The number of anilines is 1. The van der Waals surface area contributed by atoms with E-state index in [1.807, 2.05) is 0 Å². The predicted molar refractivity (Wildman–Crippen MR) is 66.6 cm³/mol. The van der Waals surface area contributed by atoms with Crippen LogP contribution in [-0.2, 0) is 9.53 Å². The number of halogens is 2. The van der Waals surface area contributed by atoms with E-state index in [0.717, 1.165) is 12.1 Å². The first kappa shape index (κ1) is 15.1. The first-order valence-corrected chi connectivity index (χ1v) is 5.53. The van der Waals surface area contributed by atoms with Gasteiger partial charge in [-0.05, 0) is 0 Å². The Bertz CT molecular complexity index is 498. The molecule has 3 N–H and O–H groups in total.